The van der Waals surface area contributed by atoms with Crippen LogP contribution in [0, 0.1) is 12.7 Å². The molecule has 3 heterocycles. The average Bonchev–Trinajstić information content (AvgIpc) is 2.52. The Morgan fingerprint density at radius 2 is 2.12 bits per heavy atom. The van der Waals surface area contributed by atoms with Gasteiger partial charge in [0.1, 0.15) is 0 Å². The Morgan fingerprint density at radius 1 is 1.38 bits per heavy atom. The first-order valence-corrected chi connectivity index (χ1v) is 7.77. The van der Waals surface area contributed by atoms with Gasteiger partial charge >= 0.3 is 5.69 Å². The van der Waals surface area contributed by atoms with Crippen molar-refractivity contribution in [2.24, 2.45) is 0 Å². The Hall–Kier alpha value is -2.54. The molecule has 0 aromatic carbocycles. The monoisotopic (exact) mass is 348 g/mol. The molecule has 0 aliphatic carbocycles. The Labute approximate surface area is 141 Å². The highest BCUT2D eigenvalue weighted by Gasteiger charge is 2.18. The van der Waals surface area contributed by atoms with Crippen molar-refractivity contribution in [2.75, 3.05) is 0 Å². The third-order valence-corrected chi connectivity index (χ3v) is 3.97. The van der Waals surface area contributed by atoms with E-state index in [1.54, 1.807) is 12.3 Å². The number of hydrogen-bond donors (Lipinski definition) is 1. The summed E-state index contributed by atoms with van der Waals surface area (Å²) in [5.41, 5.74) is 0.620. The van der Waals surface area contributed by atoms with E-state index in [0.29, 0.717) is 17.8 Å². The molecule has 0 bridgehead atoms. The fourth-order valence-corrected chi connectivity index (χ4v) is 2.79. The minimum Gasteiger partial charge on any atom is -0.273 e. The molecule has 1 N–H and O–H groups in total. The van der Waals surface area contributed by atoms with Crippen LogP contribution in [0.3, 0.4) is 0 Å². The molecule has 0 unspecified atom stereocenters. The fraction of sp³-hybridized carbons (Fsp3) is 0.250. The summed E-state index contributed by atoms with van der Waals surface area (Å²) < 4.78 is 14.9. The van der Waals surface area contributed by atoms with E-state index in [2.05, 4.69) is 15.0 Å². The summed E-state index contributed by atoms with van der Waals surface area (Å²) in [6.07, 6.45) is 3.12. The van der Waals surface area contributed by atoms with Crippen LogP contribution in [0.25, 0.3) is 16.7 Å². The lowest BCUT2D eigenvalue weighted by molar-refractivity contribution is 0.623. The summed E-state index contributed by atoms with van der Waals surface area (Å²) in [5.74, 6) is -0.823. The molecular formula is C16H14ClFN4O2. The van der Waals surface area contributed by atoms with E-state index in [1.165, 1.54) is 4.57 Å². The smallest absolute Gasteiger partial charge is 0.273 e. The number of nitrogens with one attached hydrogen (secondary N) is 1. The maximum Gasteiger partial charge on any atom is 0.334 e. The van der Waals surface area contributed by atoms with Gasteiger partial charge in [0.2, 0.25) is 0 Å². The van der Waals surface area contributed by atoms with E-state index in [9.17, 15) is 14.0 Å². The number of nitrogens with zero attached hydrogens (tertiary/aromatic N) is 3. The lowest BCUT2D eigenvalue weighted by atomic mass is 10.1. The minimum absolute atomic E-state index is 0.00334. The second-order valence-electron chi connectivity index (χ2n) is 5.40. The molecule has 0 spiro atoms. The summed E-state index contributed by atoms with van der Waals surface area (Å²) in [5, 5.41) is -0.456. The molecule has 0 aliphatic heterocycles. The highest BCUT2D eigenvalue weighted by molar-refractivity contribution is 6.29. The van der Waals surface area contributed by atoms with E-state index >= 15 is 0 Å². The molecule has 124 valence electrons. The zero-order chi connectivity index (χ0) is 17.4. The van der Waals surface area contributed by atoms with Gasteiger partial charge in [-0.3, -0.25) is 14.8 Å². The molecule has 0 saturated heterocycles. The molecule has 3 aromatic heterocycles. The average molecular weight is 349 g/mol. The van der Waals surface area contributed by atoms with Crippen molar-refractivity contribution >= 4 is 22.6 Å². The second-order valence-corrected chi connectivity index (χ2v) is 5.76. The minimum atomic E-state index is -0.823. The molecular weight excluding hydrogens is 335 g/mol. The first kappa shape index (κ1) is 16.3. The largest absolute Gasteiger partial charge is 0.334 e. The van der Waals surface area contributed by atoms with Crippen molar-refractivity contribution in [3.8, 4) is 5.69 Å². The molecule has 24 heavy (non-hydrogen) atoms. The maximum absolute atomic E-state index is 13.7. The SMILES string of the molecule is CCCc1nccc(C)c1-n1c(=O)[nH]c(=O)c2cc(F)c(Cl)nc21. The number of aryl methyl sites for hydroxylation is 2. The van der Waals surface area contributed by atoms with Crippen molar-refractivity contribution in [3.63, 3.8) is 0 Å². The summed E-state index contributed by atoms with van der Waals surface area (Å²) in [7, 11) is 0. The highest BCUT2D eigenvalue weighted by atomic mass is 35.5. The van der Waals surface area contributed by atoms with Gasteiger partial charge in [-0.05, 0) is 31.0 Å². The number of fused-ring (bicyclic) bond motifs is 1. The van der Waals surface area contributed by atoms with E-state index in [0.717, 1.165) is 18.1 Å². The molecule has 3 aromatic rings. The van der Waals surface area contributed by atoms with Gasteiger partial charge in [-0.2, -0.15) is 0 Å². The van der Waals surface area contributed by atoms with E-state index in [1.807, 2.05) is 13.8 Å². The molecule has 0 fully saturated rings. The summed E-state index contributed by atoms with van der Waals surface area (Å²) in [4.78, 5) is 34.9. The maximum atomic E-state index is 13.7. The molecule has 0 amide bonds. The van der Waals surface area contributed by atoms with E-state index < -0.39 is 22.2 Å². The van der Waals surface area contributed by atoms with Crippen LogP contribution in [0.4, 0.5) is 4.39 Å². The van der Waals surface area contributed by atoms with Crippen LogP contribution in [-0.2, 0) is 6.42 Å². The van der Waals surface area contributed by atoms with Crippen molar-refractivity contribution in [1.82, 2.24) is 19.5 Å². The van der Waals surface area contributed by atoms with Crippen LogP contribution in [0.15, 0.2) is 27.9 Å². The number of hydrogen-bond acceptors (Lipinski definition) is 4. The van der Waals surface area contributed by atoms with Gasteiger partial charge in [0.05, 0.1) is 16.8 Å². The summed E-state index contributed by atoms with van der Waals surface area (Å²) in [6.45, 7) is 3.82. The van der Waals surface area contributed by atoms with Gasteiger partial charge in [-0.25, -0.2) is 18.7 Å². The van der Waals surface area contributed by atoms with Crippen molar-refractivity contribution in [1.29, 1.82) is 0 Å². The quantitative estimate of drug-likeness (QED) is 0.737. The van der Waals surface area contributed by atoms with Gasteiger partial charge in [0, 0.05) is 6.20 Å². The standard InChI is InChI=1S/C16H14ClFN4O2/c1-3-4-11-12(8(2)5-6-19-11)22-14-9(15(23)21-16(22)24)7-10(18)13(17)20-14/h5-7H,3-4H2,1-2H3,(H,21,23,24). The van der Waals surface area contributed by atoms with Gasteiger partial charge in [0.15, 0.2) is 16.6 Å². The van der Waals surface area contributed by atoms with Crippen molar-refractivity contribution in [2.45, 2.75) is 26.7 Å². The number of pyridine rings is 2. The number of rotatable bonds is 3. The van der Waals surface area contributed by atoms with Crippen molar-refractivity contribution < 1.29 is 4.39 Å². The molecule has 3 rings (SSSR count). The number of aromatic amines is 1. The molecule has 8 heteroatoms. The second kappa shape index (κ2) is 6.16. The summed E-state index contributed by atoms with van der Waals surface area (Å²) >= 11 is 5.76. The lowest BCUT2D eigenvalue weighted by Gasteiger charge is -2.15. The number of H-pyrrole nitrogens is 1. The predicted molar refractivity (Wildman–Crippen MR) is 89.5 cm³/mol. The van der Waals surface area contributed by atoms with E-state index in [4.69, 9.17) is 11.6 Å². The zero-order valence-corrected chi connectivity index (χ0v) is 13.8. The van der Waals surface area contributed by atoms with Crippen LogP contribution in [0.2, 0.25) is 5.15 Å². The lowest BCUT2D eigenvalue weighted by Crippen LogP contribution is -2.31. The van der Waals surface area contributed by atoms with Crippen molar-refractivity contribution in [3.05, 3.63) is 61.4 Å². The zero-order valence-electron chi connectivity index (χ0n) is 13.1. The Kier molecular flexibility index (Phi) is 4.19. The fourth-order valence-electron chi connectivity index (χ4n) is 2.65. The van der Waals surface area contributed by atoms with Gasteiger partial charge in [-0.1, -0.05) is 24.9 Å². The molecule has 0 radical (unpaired) electrons. The molecule has 0 aliphatic rings. The van der Waals surface area contributed by atoms with Crippen LogP contribution in [0.1, 0.15) is 24.6 Å². The molecule has 0 atom stereocenters. The van der Waals surface area contributed by atoms with Crippen LogP contribution in [-0.4, -0.2) is 19.5 Å². The first-order valence-electron chi connectivity index (χ1n) is 7.40. The van der Waals surface area contributed by atoms with Gasteiger partial charge in [-0.15, -0.1) is 0 Å². The Morgan fingerprint density at radius 3 is 2.83 bits per heavy atom. The Balaban J connectivity index is 2.50. The number of halogens is 2. The normalized spacial score (nSPS) is 11.2. The molecule has 6 nitrogen and oxygen atoms in total. The number of aromatic nitrogens is 4. The third kappa shape index (κ3) is 2.60. The Bertz CT molecular complexity index is 1060. The van der Waals surface area contributed by atoms with Crippen LogP contribution >= 0.6 is 11.6 Å². The van der Waals surface area contributed by atoms with E-state index in [-0.39, 0.29) is 11.0 Å². The third-order valence-electron chi connectivity index (χ3n) is 3.71. The first-order chi connectivity index (χ1) is 11.4. The topological polar surface area (TPSA) is 80.6 Å². The molecule has 0 saturated carbocycles. The van der Waals surface area contributed by atoms with Gasteiger partial charge in [0.25, 0.3) is 5.56 Å². The summed E-state index contributed by atoms with van der Waals surface area (Å²) in [6, 6.07) is 2.73. The van der Waals surface area contributed by atoms with Gasteiger partial charge < -0.3 is 0 Å². The predicted octanol–water partition coefficient (Wildman–Crippen LogP) is 2.52. The van der Waals surface area contributed by atoms with Crippen LogP contribution < -0.4 is 11.2 Å². The van der Waals surface area contributed by atoms with Crippen LogP contribution in [0.5, 0.6) is 0 Å². The highest BCUT2D eigenvalue weighted by Crippen LogP contribution is 2.22.